The molecule has 0 fully saturated rings. The summed E-state index contributed by atoms with van der Waals surface area (Å²) in [5, 5.41) is 0. The number of hydrogen-bond donors (Lipinski definition) is 0. The van der Waals surface area contributed by atoms with E-state index in [1.807, 2.05) is 6.08 Å². The third-order valence-electron chi connectivity index (χ3n) is 2.47. The van der Waals surface area contributed by atoms with Crippen molar-refractivity contribution in [1.82, 2.24) is 0 Å². The molecule has 0 aromatic rings. The number of rotatable bonds is 9. The van der Waals surface area contributed by atoms with Gasteiger partial charge in [0.25, 0.3) is 0 Å². The van der Waals surface area contributed by atoms with Crippen molar-refractivity contribution in [1.29, 1.82) is 0 Å². The minimum atomic E-state index is 0.601. The van der Waals surface area contributed by atoms with Gasteiger partial charge in [-0.15, -0.1) is 6.58 Å². The molecule has 0 heteroatoms. The van der Waals surface area contributed by atoms with Crippen LogP contribution in [0.1, 0.15) is 58.3 Å². The molecule has 0 rings (SSSR count). The summed E-state index contributed by atoms with van der Waals surface area (Å²) in [4.78, 5) is 0. The Kier molecular flexibility index (Phi) is 9.63. The first kappa shape index (κ1) is 12.7. The molecule has 0 bridgehead atoms. The average Bonchev–Trinajstić information content (AvgIpc) is 2.11. The zero-order chi connectivity index (χ0) is 9.94. The lowest BCUT2D eigenvalue weighted by Gasteiger charge is -2.07. The Balaban J connectivity index is 3.01. The fourth-order valence-corrected chi connectivity index (χ4v) is 1.57. The van der Waals surface area contributed by atoms with Crippen molar-refractivity contribution in [3.05, 3.63) is 19.6 Å². The van der Waals surface area contributed by atoms with E-state index in [0.29, 0.717) is 5.92 Å². The van der Waals surface area contributed by atoms with Gasteiger partial charge in [0.05, 0.1) is 0 Å². The zero-order valence-corrected chi connectivity index (χ0v) is 9.23. The van der Waals surface area contributed by atoms with Gasteiger partial charge in [-0.3, -0.25) is 0 Å². The van der Waals surface area contributed by atoms with Gasteiger partial charge in [0.1, 0.15) is 0 Å². The van der Waals surface area contributed by atoms with E-state index in [9.17, 15) is 0 Å². The van der Waals surface area contributed by atoms with Crippen molar-refractivity contribution >= 4 is 0 Å². The van der Waals surface area contributed by atoms with Crippen LogP contribution in [0.3, 0.4) is 0 Å². The second-order valence-corrected chi connectivity index (χ2v) is 3.95. The van der Waals surface area contributed by atoms with Gasteiger partial charge < -0.3 is 0 Å². The molecule has 0 aromatic heterocycles. The summed E-state index contributed by atoms with van der Waals surface area (Å²) >= 11 is 0. The molecule has 1 atom stereocenters. The summed E-state index contributed by atoms with van der Waals surface area (Å²) in [6, 6.07) is 0. The molecule has 0 heterocycles. The SMILES string of the molecule is [CH2]C(CC=C)CCCCCCCC. The lowest BCUT2D eigenvalue weighted by molar-refractivity contribution is 0.520. The molecule has 0 saturated heterocycles. The highest BCUT2D eigenvalue weighted by atomic mass is 14.0. The van der Waals surface area contributed by atoms with E-state index in [1.54, 1.807) is 0 Å². The number of hydrogen-bond acceptors (Lipinski definition) is 0. The van der Waals surface area contributed by atoms with Crippen molar-refractivity contribution in [3.8, 4) is 0 Å². The Morgan fingerprint density at radius 3 is 2.31 bits per heavy atom. The van der Waals surface area contributed by atoms with Crippen molar-refractivity contribution in [2.45, 2.75) is 58.3 Å². The van der Waals surface area contributed by atoms with E-state index in [4.69, 9.17) is 0 Å². The predicted octanol–water partition coefficient (Wildman–Crippen LogP) is 4.76. The van der Waals surface area contributed by atoms with Crippen LogP contribution in [-0.2, 0) is 0 Å². The molecule has 0 nitrogen and oxygen atoms in total. The Morgan fingerprint density at radius 2 is 1.69 bits per heavy atom. The smallest absolute Gasteiger partial charge is 0.0325 e. The third kappa shape index (κ3) is 9.66. The van der Waals surface area contributed by atoms with Gasteiger partial charge in [0, 0.05) is 0 Å². The lowest BCUT2D eigenvalue weighted by Crippen LogP contribution is -1.92. The van der Waals surface area contributed by atoms with Crippen molar-refractivity contribution < 1.29 is 0 Å². The first-order valence-corrected chi connectivity index (χ1v) is 5.75. The van der Waals surface area contributed by atoms with Crippen LogP contribution in [-0.4, -0.2) is 0 Å². The van der Waals surface area contributed by atoms with Crippen LogP contribution in [0.4, 0.5) is 0 Å². The van der Waals surface area contributed by atoms with Gasteiger partial charge in [-0.1, -0.05) is 57.9 Å². The van der Waals surface area contributed by atoms with Crippen molar-refractivity contribution in [2.24, 2.45) is 5.92 Å². The fourth-order valence-electron chi connectivity index (χ4n) is 1.57. The number of allylic oxidation sites excluding steroid dienone is 1. The maximum atomic E-state index is 4.09. The summed E-state index contributed by atoms with van der Waals surface area (Å²) in [5.74, 6) is 0.601. The number of unbranched alkanes of at least 4 members (excludes halogenated alkanes) is 5. The normalized spacial score (nSPS) is 12.8. The average molecular weight is 181 g/mol. The third-order valence-corrected chi connectivity index (χ3v) is 2.47. The maximum absolute atomic E-state index is 4.09. The van der Waals surface area contributed by atoms with Gasteiger partial charge in [-0.05, 0) is 19.3 Å². The van der Waals surface area contributed by atoms with E-state index in [-0.39, 0.29) is 0 Å². The monoisotopic (exact) mass is 181 g/mol. The van der Waals surface area contributed by atoms with Crippen LogP contribution >= 0.6 is 0 Å². The largest absolute Gasteiger partial charge is 0.103 e. The molecule has 0 aliphatic heterocycles. The molecular formula is C13H25. The van der Waals surface area contributed by atoms with Gasteiger partial charge in [-0.25, -0.2) is 0 Å². The summed E-state index contributed by atoms with van der Waals surface area (Å²) < 4.78 is 0. The van der Waals surface area contributed by atoms with Crippen LogP contribution in [0.15, 0.2) is 12.7 Å². The van der Waals surface area contributed by atoms with Gasteiger partial charge in [-0.2, -0.15) is 0 Å². The standard InChI is InChI=1S/C13H25/c1-4-6-7-8-9-10-12-13(3)11-5-2/h5,13H,2-4,6-12H2,1H3. The van der Waals surface area contributed by atoms with Crippen molar-refractivity contribution in [2.75, 3.05) is 0 Å². The first-order valence-electron chi connectivity index (χ1n) is 5.75. The molecule has 1 radical (unpaired) electrons. The van der Waals surface area contributed by atoms with E-state index in [1.165, 1.54) is 44.9 Å². The van der Waals surface area contributed by atoms with Crippen LogP contribution < -0.4 is 0 Å². The lowest BCUT2D eigenvalue weighted by atomic mass is 9.99. The fraction of sp³-hybridized carbons (Fsp3) is 0.769. The van der Waals surface area contributed by atoms with Crippen LogP contribution in [0.2, 0.25) is 0 Å². The molecule has 0 N–H and O–H groups in total. The molecule has 13 heavy (non-hydrogen) atoms. The van der Waals surface area contributed by atoms with Gasteiger partial charge in [0.2, 0.25) is 0 Å². The summed E-state index contributed by atoms with van der Waals surface area (Å²) in [7, 11) is 0. The molecular weight excluding hydrogens is 156 g/mol. The maximum Gasteiger partial charge on any atom is -0.0325 e. The van der Waals surface area contributed by atoms with E-state index in [0.717, 1.165) is 6.42 Å². The van der Waals surface area contributed by atoms with E-state index >= 15 is 0 Å². The van der Waals surface area contributed by atoms with Gasteiger partial charge in [0.15, 0.2) is 0 Å². The van der Waals surface area contributed by atoms with Crippen molar-refractivity contribution in [3.63, 3.8) is 0 Å². The second kappa shape index (κ2) is 9.83. The zero-order valence-electron chi connectivity index (χ0n) is 9.23. The molecule has 1 unspecified atom stereocenters. The Bertz CT molecular complexity index is 105. The second-order valence-electron chi connectivity index (χ2n) is 3.95. The van der Waals surface area contributed by atoms with Gasteiger partial charge >= 0.3 is 0 Å². The highest BCUT2D eigenvalue weighted by molar-refractivity contribution is 4.74. The molecule has 0 aliphatic rings. The minimum absolute atomic E-state index is 0.601. The van der Waals surface area contributed by atoms with Crippen LogP contribution in [0.25, 0.3) is 0 Å². The molecule has 0 spiro atoms. The highest BCUT2D eigenvalue weighted by Crippen LogP contribution is 2.14. The quantitative estimate of drug-likeness (QED) is 0.355. The molecule has 0 aliphatic carbocycles. The molecule has 0 saturated carbocycles. The Labute approximate surface area is 84.4 Å². The van der Waals surface area contributed by atoms with Crippen LogP contribution in [0.5, 0.6) is 0 Å². The molecule has 0 amide bonds. The summed E-state index contributed by atoms with van der Waals surface area (Å²) in [6.07, 6.45) is 12.7. The summed E-state index contributed by atoms with van der Waals surface area (Å²) in [5.41, 5.74) is 0. The highest BCUT2D eigenvalue weighted by Gasteiger charge is 1.98. The minimum Gasteiger partial charge on any atom is -0.103 e. The molecule has 0 aromatic carbocycles. The molecule has 77 valence electrons. The summed E-state index contributed by atoms with van der Waals surface area (Å²) in [6.45, 7) is 10.1. The first-order chi connectivity index (χ1) is 6.31. The Hall–Kier alpha value is -0.260. The Morgan fingerprint density at radius 1 is 1.08 bits per heavy atom. The topological polar surface area (TPSA) is 0 Å². The van der Waals surface area contributed by atoms with Crippen LogP contribution in [0, 0.1) is 12.8 Å². The predicted molar refractivity (Wildman–Crippen MR) is 61.7 cm³/mol. The van der Waals surface area contributed by atoms with E-state index < -0.39 is 0 Å². The van der Waals surface area contributed by atoms with E-state index in [2.05, 4.69) is 20.4 Å².